The van der Waals surface area contributed by atoms with Gasteiger partial charge in [-0.25, -0.2) is 18.7 Å². The molecule has 2 N–H and O–H groups in total. The van der Waals surface area contributed by atoms with Gasteiger partial charge in [-0.05, 0) is 49.2 Å². The van der Waals surface area contributed by atoms with E-state index in [1.165, 1.54) is 35.0 Å². The topological polar surface area (TPSA) is 106 Å². The molecule has 1 aliphatic heterocycles. The van der Waals surface area contributed by atoms with Crippen molar-refractivity contribution in [1.82, 2.24) is 24.1 Å². The maximum Gasteiger partial charge on any atom is 0.258 e. The smallest absolute Gasteiger partial charge is 0.258 e. The molecule has 3 heterocycles. The van der Waals surface area contributed by atoms with Gasteiger partial charge in [0.2, 0.25) is 0 Å². The van der Waals surface area contributed by atoms with Crippen molar-refractivity contribution >= 4 is 17.8 Å². The molecule has 8 nitrogen and oxygen atoms in total. The van der Waals surface area contributed by atoms with Crippen LogP contribution < -0.4 is 10.5 Å². The number of ether oxygens (including phenoxy) is 1. The molecule has 10 heteroatoms. The van der Waals surface area contributed by atoms with Gasteiger partial charge < -0.3 is 10.5 Å². The van der Waals surface area contributed by atoms with Gasteiger partial charge in [-0.1, -0.05) is 6.07 Å². The Morgan fingerprint density at radius 2 is 2.17 bits per heavy atom. The van der Waals surface area contributed by atoms with Crippen LogP contribution in [0.2, 0.25) is 0 Å². The van der Waals surface area contributed by atoms with E-state index in [0.717, 1.165) is 5.56 Å². The third-order valence-electron chi connectivity index (χ3n) is 4.61. The second-order valence-corrected chi connectivity index (χ2v) is 7.88. The number of aryl methyl sites for hydroxylation is 1. The predicted molar refractivity (Wildman–Crippen MR) is 106 cm³/mol. The second kappa shape index (κ2) is 7.35. The Bertz CT molecular complexity index is 1140. The summed E-state index contributed by atoms with van der Waals surface area (Å²) in [5.41, 5.74) is 8.93. The highest BCUT2D eigenvalue weighted by atomic mass is 32.2. The number of nitrogens with zero attached hydrogens (tertiary/aromatic N) is 6. The SMILES string of the molecule is C[C@H]1Oc2nc(cnc2N)-c2c(nn(C)c2C#N)SN(C)Cc2ccc(F)cc21. The van der Waals surface area contributed by atoms with Gasteiger partial charge in [-0.2, -0.15) is 10.4 Å². The summed E-state index contributed by atoms with van der Waals surface area (Å²) in [5, 5.41) is 14.7. The highest BCUT2D eigenvalue weighted by Crippen LogP contribution is 2.37. The lowest BCUT2D eigenvalue weighted by Gasteiger charge is -2.22. The van der Waals surface area contributed by atoms with Crippen LogP contribution in [0.5, 0.6) is 5.88 Å². The van der Waals surface area contributed by atoms with Crippen molar-refractivity contribution in [1.29, 1.82) is 5.26 Å². The number of aromatic nitrogens is 4. The number of fused-ring (bicyclic) bond motifs is 5. The highest BCUT2D eigenvalue weighted by molar-refractivity contribution is 7.97. The van der Waals surface area contributed by atoms with E-state index in [1.54, 1.807) is 20.0 Å². The van der Waals surface area contributed by atoms with Gasteiger partial charge in [0.1, 0.15) is 28.7 Å². The van der Waals surface area contributed by atoms with Gasteiger partial charge in [0, 0.05) is 13.6 Å². The molecule has 0 saturated carbocycles. The molecule has 0 saturated heterocycles. The predicted octanol–water partition coefficient (Wildman–Crippen LogP) is 3.06. The minimum Gasteiger partial charge on any atom is -0.467 e. The van der Waals surface area contributed by atoms with Crippen LogP contribution >= 0.6 is 11.9 Å². The summed E-state index contributed by atoms with van der Waals surface area (Å²) in [7, 11) is 3.60. The van der Waals surface area contributed by atoms with Gasteiger partial charge in [0.25, 0.3) is 5.88 Å². The summed E-state index contributed by atoms with van der Waals surface area (Å²) < 4.78 is 23.4. The van der Waals surface area contributed by atoms with Gasteiger partial charge >= 0.3 is 0 Å². The van der Waals surface area contributed by atoms with Crippen LogP contribution in [0.1, 0.15) is 29.8 Å². The molecule has 0 unspecified atom stereocenters. The maximum absolute atomic E-state index is 13.9. The molecule has 2 aromatic heterocycles. The average Bonchev–Trinajstić information content (AvgIpc) is 2.98. The van der Waals surface area contributed by atoms with E-state index < -0.39 is 6.10 Å². The standard InChI is InChI=1S/C19H18FN7OS/c1-10-13-6-12(20)5-4-11(13)9-26(2)29-19-16(15(7-21)27(3)25-19)14-8-23-17(22)18(24-14)28-10/h4-6,8,10H,9H2,1-3H3,(H2,22,23)/t10-/m1/s1. The first-order chi connectivity index (χ1) is 13.9. The molecule has 0 spiro atoms. The van der Waals surface area contributed by atoms with E-state index in [-0.39, 0.29) is 17.5 Å². The lowest BCUT2D eigenvalue weighted by Crippen LogP contribution is -2.15. The van der Waals surface area contributed by atoms with E-state index in [4.69, 9.17) is 10.5 Å². The molecule has 1 aromatic carbocycles. The summed E-state index contributed by atoms with van der Waals surface area (Å²) in [6.45, 7) is 2.32. The second-order valence-electron chi connectivity index (χ2n) is 6.69. The number of nitriles is 1. The van der Waals surface area contributed by atoms with E-state index in [0.29, 0.717) is 34.1 Å². The fourth-order valence-electron chi connectivity index (χ4n) is 3.25. The largest absolute Gasteiger partial charge is 0.467 e. The van der Waals surface area contributed by atoms with Gasteiger partial charge in [-0.15, -0.1) is 0 Å². The quantitative estimate of drug-likeness (QED) is 0.563. The summed E-state index contributed by atoms with van der Waals surface area (Å²) in [4.78, 5) is 8.69. The number of halogens is 1. The number of nitrogen functional groups attached to an aromatic ring is 1. The minimum atomic E-state index is -0.505. The van der Waals surface area contributed by atoms with Gasteiger partial charge in [-0.3, -0.25) is 4.68 Å². The Hall–Kier alpha value is -3.16. The molecule has 2 bridgehead atoms. The number of anilines is 1. The molecule has 0 amide bonds. The van der Waals surface area contributed by atoms with Crippen molar-refractivity contribution in [3.05, 3.63) is 47.0 Å². The zero-order chi connectivity index (χ0) is 20.7. The van der Waals surface area contributed by atoms with Crippen LogP contribution in [-0.2, 0) is 13.6 Å². The Kier molecular flexibility index (Phi) is 4.86. The average molecular weight is 411 g/mol. The molecule has 29 heavy (non-hydrogen) atoms. The zero-order valence-corrected chi connectivity index (χ0v) is 16.9. The molecule has 148 valence electrons. The Morgan fingerprint density at radius 1 is 1.38 bits per heavy atom. The third-order valence-corrected chi connectivity index (χ3v) is 5.51. The Balaban J connectivity index is 1.93. The molecular formula is C19H18FN7OS. The van der Waals surface area contributed by atoms with Crippen molar-refractivity contribution in [2.45, 2.75) is 24.6 Å². The normalized spacial score (nSPS) is 16.6. The first-order valence-electron chi connectivity index (χ1n) is 8.81. The number of nitrogens with two attached hydrogens (primary N) is 1. The minimum absolute atomic E-state index is 0.115. The molecule has 1 atom stereocenters. The van der Waals surface area contributed by atoms with Crippen LogP contribution in [0, 0.1) is 17.1 Å². The molecule has 3 aromatic rings. The Morgan fingerprint density at radius 3 is 2.93 bits per heavy atom. The first-order valence-corrected chi connectivity index (χ1v) is 9.58. The van der Waals surface area contributed by atoms with Crippen LogP contribution in [0.15, 0.2) is 29.4 Å². The molecule has 0 radical (unpaired) electrons. The summed E-state index contributed by atoms with van der Waals surface area (Å²) in [5.74, 6) is -0.104. The molecule has 0 aliphatic carbocycles. The molecular weight excluding hydrogens is 393 g/mol. The van der Waals surface area contributed by atoms with Crippen LogP contribution in [0.3, 0.4) is 0 Å². The molecule has 1 aliphatic rings. The van der Waals surface area contributed by atoms with Crippen LogP contribution in [-0.4, -0.2) is 31.1 Å². The summed E-state index contributed by atoms with van der Waals surface area (Å²) >= 11 is 1.38. The first kappa shape index (κ1) is 19.2. The molecule has 0 fully saturated rings. The number of hydrogen-bond acceptors (Lipinski definition) is 8. The van der Waals surface area contributed by atoms with Gasteiger partial charge in [0.05, 0.1) is 17.5 Å². The van der Waals surface area contributed by atoms with Crippen molar-refractivity contribution in [3.63, 3.8) is 0 Å². The summed E-state index contributed by atoms with van der Waals surface area (Å²) in [6.07, 6.45) is 0.989. The van der Waals surface area contributed by atoms with E-state index in [1.807, 2.05) is 11.4 Å². The maximum atomic E-state index is 13.9. The fourth-order valence-corrected chi connectivity index (χ4v) is 4.20. The van der Waals surface area contributed by atoms with E-state index in [2.05, 4.69) is 21.1 Å². The van der Waals surface area contributed by atoms with E-state index in [9.17, 15) is 9.65 Å². The van der Waals surface area contributed by atoms with E-state index >= 15 is 0 Å². The van der Waals surface area contributed by atoms with Gasteiger partial charge in [0.15, 0.2) is 5.82 Å². The van der Waals surface area contributed by atoms with Crippen LogP contribution in [0.25, 0.3) is 11.3 Å². The number of benzene rings is 1. The van der Waals surface area contributed by atoms with Crippen LogP contribution in [0.4, 0.5) is 10.2 Å². The lowest BCUT2D eigenvalue weighted by atomic mass is 10.0. The zero-order valence-electron chi connectivity index (χ0n) is 16.0. The van der Waals surface area contributed by atoms with Crippen molar-refractivity contribution in [3.8, 4) is 23.2 Å². The lowest BCUT2D eigenvalue weighted by molar-refractivity contribution is 0.216. The fraction of sp³-hybridized carbons (Fsp3) is 0.263. The van der Waals surface area contributed by atoms with Crippen molar-refractivity contribution in [2.24, 2.45) is 7.05 Å². The molecule has 4 rings (SSSR count). The number of rotatable bonds is 0. The Labute approximate surface area is 171 Å². The van der Waals surface area contributed by atoms with Crippen molar-refractivity contribution in [2.75, 3.05) is 12.8 Å². The monoisotopic (exact) mass is 411 g/mol. The number of hydrogen-bond donors (Lipinski definition) is 1. The van der Waals surface area contributed by atoms with Crippen molar-refractivity contribution < 1.29 is 9.13 Å². The summed E-state index contributed by atoms with van der Waals surface area (Å²) in [6, 6.07) is 6.78. The highest BCUT2D eigenvalue weighted by Gasteiger charge is 2.25. The third kappa shape index (κ3) is 3.50.